The summed E-state index contributed by atoms with van der Waals surface area (Å²) in [6, 6.07) is 11.5. The minimum absolute atomic E-state index is 0.184. The zero-order valence-corrected chi connectivity index (χ0v) is 18.9. The lowest BCUT2D eigenvalue weighted by atomic mass is 9.96. The van der Waals surface area contributed by atoms with Crippen LogP contribution in [0.3, 0.4) is 0 Å². The normalized spacial score (nSPS) is 14.5. The van der Waals surface area contributed by atoms with Gasteiger partial charge in [0.25, 0.3) is 5.91 Å². The second-order valence-electron chi connectivity index (χ2n) is 7.82. The van der Waals surface area contributed by atoms with Crippen molar-refractivity contribution in [3.8, 4) is 5.69 Å². The van der Waals surface area contributed by atoms with E-state index in [9.17, 15) is 9.59 Å². The van der Waals surface area contributed by atoms with Crippen LogP contribution in [-0.2, 0) is 10.5 Å². The predicted molar refractivity (Wildman–Crippen MR) is 120 cm³/mol. The second-order valence-corrected chi connectivity index (χ2v) is 8.77. The molecule has 1 fully saturated rings. The molecule has 10 heteroatoms. The molecule has 2 aromatic heterocycles. The molecule has 3 heterocycles. The molecule has 0 atom stereocenters. The van der Waals surface area contributed by atoms with E-state index in [-0.39, 0.29) is 17.7 Å². The van der Waals surface area contributed by atoms with Gasteiger partial charge >= 0.3 is 0 Å². The van der Waals surface area contributed by atoms with E-state index >= 15 is 0 Å². The van der Waals surface area contributed by atoms with Crippen LogP contribution in [0.25, 0.3) is 5.69 Å². The van der Waals surface area contributed by atoms with Crippen LogP contribution < -0.4 is 5.73 Å². The molecule has 1 aliphatic rings. The van der Waals surface area contributed by atoms with Gasteiger partial charge in [-0.25, -0.2) is 14.6 Å². The van der Waals surface area contributed by atoms with Gasteiger partial charge in [-0.3, -0.25) is 9.59 Å². The van der Waals surface area contributed by atoms with Crippen LogP contribution in [-0.4, -0.2) is 54.8 Å². The van der Waals surface area contributed by atoms with Crippen LogP contribution in [0.2, 0.25) is 0 Å². The molecule has 0 bridgehead atoms. The fourth-order valence-corrected chi connectivity index (χ4v) is 4.72. The van der Waals surface area contributed by atoms with Gasteiger partial charge in [0.05, 0.1) is 11.4 Å². The highest BCUT2D eigenvalue weighted by Gasteiger charge is 2.30. The zero-order chi connectivity index (χ0) is 22.7. The third-order valence-electron chi connectivity index (χ3n) is 5.45. The molecule has 0 spiro atoms. The Morgan fingerprint density at radius 3 is 2.38 bits per heavy atom. The van der Waals surface area contributed by atoms with E-state index in [0.29, 0.717) is 48.2 Å². The average molecular weight is 452 g/mol. The second kappa shape index (κ2) is 9.47. The number of likely N-dealkylation sites (tertiary alicyclic amines) is 1. The smallest absolute Gasteiger partial charge is 0.276 e. The Kier molecular flexibility index (Phi) is 6.50. The number of aromatic nitrogens is 5. The summed E-state index contributed by atoms with van der Waals surface area (Å²) in [6.45, 7) is 4.80. The first kappa shape index (κ1) is 21.9. The standard InChI is InChI=1S/C22H25N7O2S/c1-14-12-15(2)25-22(24-14)32-13-18-19(26-27-29(18)17-6-4-3-5-7-17)21(31)28-10-8-16(9-11-28)20(23)30/h3-7,12,16H,8-11,13H2,1-2H3,(H2,23,30). The SMILES string of the molecule is Cc1cc(C)nc(SCc2c(C(=O)N3CCC(C(N)=O)CC3)nnn2-c2ccccc2)n1. The largest absolute Gasteiger partial charge is 0.369 e. The number of primary amides is 1. The fraction of sp³-hybridized carbons (Fsp3) is 0.364. The Hall–Kier alpha value is -3.27. The number of aryl methyl sites for hydroxylation is 2. The highest BCUT2D eigenvalue weighted by atomic mass is 32.2. The summed E-state index contributed by atoms with van der Waals surface area (Å²) in [5.41, 5.74) is 9.03. The number of thioether (sulfide) groups is 1. The number of piperidine rings is 1. The van der Waals surface area contributed by atoms with Crippen LogP contribution in [0.5, 0.6) is 0 Å². The predicted octanol–water partition coefficient (Wildman–Crippen LogP) is 2.30. The van der Waals surface area contributed by atoms with Gasteiger partial charge in [0.1, 0.15) is 0 Å². The number of para-hydroxylation sites is 1. The van der Waals surface area contributed by atoms with Crippen LogP contribution in [0.4, 0.5) is 0 Å². The van der Waals surface area contributed by atoms with Crippen molar-refractivity contribution in [2.75, 3.05) is 13.1 Å². The summed E-state index contributed by atoms with van der Waals surface area (Å²) in [7, 11) is 0. The van der Waals surface area contributed by atoms with Crippen LogP contribution in [0, 0.1) is 19.8 Å². The molecule has 4 rings (SSSR count). The number of hydrogen-bond donors (Lipinski definition) is 1. The van der Waals surface area contributed by atoms with E-state index < -0.39 is 0 Å². The summed E-state index contributed by atoms with van der Waals surface area (Å²) < 4.78 is 1.69. The first-order valence-electron chi connectivity index (χ1n) is 10.5. The van der Waals surface area contributed by atoms with Crippen molar-refractivity contribution in [3.05, 3.63) is 59.2 Å². The Balaban J connectivity index is 1.61. The highest BCUT2D eigenvalue weighted by Crippen LogP contribution is 2.25. The lowest BCUT2D eigenvalue weighted by molar-refractivity contribution is -0.123. The summed E-state index contributed by atoms with van der Waals surface area (Å²) in [5, 5.41) is 9.17. The summed E-state index contributed by atoms with van der Waals surface area (Å²) >= 11 is 1.44. The summed E-state index contributed by atoms with van der Waals surface area (Å²) in [6.07, 6.45) is 1.13. The summed E-state index contributed by atoms with van der Waals surface area (Å²) in [4.78, 5) is 35.5. The number of amides is 2. The van der Waals surface area contributed by atoms with Crippen LogP contribution in [0.15, 0.2) is 41.6 Å². The Bertz CT molecular complexity index is 1100. The molecule has 2 amide bonds. The van der Waals surface area contributed by atoms with Gasteiger partial charge in [0.2, 0.25) is 5.91 Å². The maximum atomic E-state index is 13.3. The molecule has 2 N–H and O–H groups in total. The molecule has 1 saturated heterocycles. The quantitative estimate of drug-likeness (QED) is 0.451. The van der Waals surface area contributed by atoms with Gasteiger partial charge in [0, 0.05) is 36.1 Å². The van der Waals surface area contributed by atoms with Crippen molar-refractivity contribution in [3.63, 3.8) is 0 Å². The Morgan fingerprint density at radius 2 is 1.75 bits per heavy atom. The van der Waals surface area contributed by atoms with Crippen molar-refractivity contribution in [1.29, 1.82) is 0 Å². The Labute approximate surface area is 190 Å². The number of nitrogens with two attached hydrogens (primary N) is 1. The van der Waals surface area contributed by atoms with Gasteiger partial charge in [-0.2, -0.15) is 0 Å². The number of hydrogen-bond acceptors (Lipinski definition) is 7. The average Bonchev–Trinajstić information content (AvgIpc) is 3.21. The van der Waals surface area contributed by atoms with Crippen molar-refractivity contribution in [1.82, 2.24) is 29.9 Å². The number of carbonyl (C=O) groups is 2. The molecule has 9 nitrogen and oxygen atoms in total. The van der Waals surface area contributed by atoms with Crippen molar-refractivity contribution in [2.24, 2.45) is 11.7 Å². The first-order chi connectivity index (χ1) is 15.4. The number of nitrogens with zero attached hydrogens (tertiary/aromatic N) is 6. The molecule has 32 heavy (non-hydrogen) atoms. The molecule has 166 valence electrons. The fourth-order valence-electron chi connectivity index (χ4n) is 3.78. The van der Waals surface area contributed by atoms with Gasteiger partial charge in [0.15, 0.2) is 10.9 Å². The monoisotopic (exact) mass is 451 g/mol. The minimum atomic E-state index is -0.308. The Morgan fingerprint density at radius 1 is 1.09 bits per heavy atom. The van der Waals surface area contributed by atoms with E-state index in [1.165, 1.54) is 11.8 Å². The summed E-state index contributed by atoms with van der Waals surface area (Å²) in [5.74, 6) is -0.246. The molecular formula is C22H25N7O2S. The molecule has 0 unspecified atom stereocenters. The number of benzene rings is 1. The lowest BCUT2D eigenvalue weighted by Gasteiger charge is -2.30. The highest BCUT2D eigenvalue weighted by molar-refractivity contribution is 7.98. The third kappa shape index (κ3) is 4.80. The van der Waals surface area contributed by atoms with E-state index in [1.54, 1.807) is 9.58 Å². The van der Waals surface area contributed by atoms with Crippen molar-refractivity contribution >= 4 is 23.6 Å². The number of carbonyl (C=O) groups excluding carboxylic acids is 2. The molecule has 1 aromatic carbocycles. The van der Waals surface area contributed by atoms with E-state index in [1.807, 2.05) is 50.2 Å². The van der Waals surface area contributed by atoms with E-state index in [2.05, 4.69) is 20.3 Å². The molecule has 0 saturated carbocycles. The third-order valence-corrected chi connectivity index (χ3v) is 6.31. The van der Waals surface area contributed by atoms with Crippen molar-refractivity contribution in [2.45, 2.75) is 37.6 Å². The van der Waals surface area contributed by atoms with Gasteiger partial charge in [-0.15, -0.1) is 5.10 Å². The molecular weight excluding hydrogens is 426 g/mol. The topological polar surface area (TPSA) is 120 Å². The first-order valence-corrected chi connectivity index (χ1v) is 11.4. The minimum Gasteiger partial charge on any atom is -0.369 e. The van der Waals surface area contributed by atoms with Gasteiger partial charge < -0.3 is 10.6 Å². The van der Waals surface area contributed by atoms with Crippen LogP contribution >= 0.6 is 11.8 Å². The molecule has 1 aliphatic heterocycles. The van der Waals surface area contributed by atoms with Gasteiger partial charge in [-0.1, -0.05) is 35.2 Å². The van der Waals surface area contributed by atoms with E-state index in [0.717, 1.165) is 17.1 Å². The van der Waals surface area contributed by atoms with Gasteiger partial charge in [-0.05, 0) is 44.9 Å². The molecule has 3 aromatic rings. The van der Waals surface area contributed by atoms with Crippen molar-refractivity contribution < 1.29 is 9.59 Å². The maximum Gasteiger partial charge on any atom is 0.276 e. The molecule has 0 radical (unpaired) electrons. The van der Waals surface area contributed by atoms with Crippen LogP contribution in [0.1, 0.15) is 40.4 Å². The maximum absolute atomic E-state index is 13.3. The van der Waals surface area contributed by atoms with E-state index in [4.69, 9.17) is 5.73 Å². The number of rotatable bonds is 6. The zero-order valence-electron chi connectivity index (χ0n) is 18.1. The lowest BCUT2D eigenvalue weighted by Crippen LogP contribution is -2.42. The molecule has 0 aliphatic carbocycles.